The zero-order chi connectivity index (χ0) is 18.8. The van der Waals surface area contributed by atoms with Gasteiger partial charge in [-0.1, -0.05) is 35.9 Å². The van der Waals surface area contributed by atoms with E-state index in [9.17, 15) is 4.79 Å². The highest BCUT2D eigenvalue weighted by atomic mass is 16.5. The second-order valence-electron chi connectivity index (χ2n) is 7.08. The normalized spacial score (nSPS) is 16.1. The van der Waals surface area contributed by atoms with Crippen molar-refractivity contribution in [2.24, 2.45) is 0 Å². The van der Waals surface area contributed by atoms with E-state index in [0.29, 0.717) is 19.7 Å². The van der Waals surface area contributed by atoms with Crippen molar-refractivity contribution in [3.05, 3.63) is 83.2 Å². The van der Waals surface area contributed by atoms with Crippen molar-refractivity contribution in [2.45, 2.75) is 33.0 Å². The average molecular weight is 361 g/mol. The van der Waals surface area contributed by atoms with Crippen LogP contribution in [0.4, 0.5) is 0 Å². The Labute approximate surface area is 159 Å². The van der Waals surface area contributed by atoms with Gasteiger partial charge < -0.3 is 9.64 Å². The lowest BCUT2D eigenvalue weighted by Gasteiger charge is -2.32. The number of ether oxygens (including phenoxy) is 1. The van der Waals surface area contributed by atoms with Gasteiger partial charge in [-0.2, -0.15) is 5.10 Å². The standard InChI is InChI=1S/C22H23N3O2/c1-16-7-6-8-18(11-16)22(26)24-13-17(2)25-20(14-24)12-19(23-25)15-27-21-9-4-3-5-10-21/h3-12,17H,13-15H2,1-2H3. The van der Waals surface area contributed by atoms with Crippen molar-refractivity contribution >= 4 is 5.91 Å². The summed E-state index contributed by atoms with van der Waals surface area (Å²) in [5.41, 5.74) is 3.76. The minimum atomic E-state index is 0.0695. The molecule has 1 aromatic heterocycles. The smallest absolute Gasteiger partial charge is 0.254 e. The molecule has 138 valence electrons. The number of aromatic nitrogens is 2. The van der Waals surface area contributed by atoms with Crippen LogP contribution in [-0.2, 0) is 13.2 Å². The largest absolute Gasteiger partial charge is 0.487 e. The summed E-state index contributed by atoms with van der Waals surface area (Å²) < 4.78 is 7.82. The number of hydrogen-bond donors (Lipinski definition) is 0. The van der Waals surface area contributed by atoms with Crippen LogP contribution in [0.1, 0.15) is 40.3 Å². The Hall–Kier alpha value is -3.08. The number of rotatable bonds is 4. The first-order valence-electron chi connectivity index (χ1n) is 9.21. The highest BCUT2D eigenvalue weighted by Crippen LogP contribution is 2.24. The molecule has 4 rings (SSSR count). The molecular weight excluding hydrogens is 338 g/mol. The Kier molecular flexibility index (Phi) is 4.67. The molecule has 0 N–H and O–H groups in total. The number of benzene rings is 2. The third-order valence-corrected chi connectivity index (χ3v) is 4.80. The van der Waals surface area contributed by atoms with Crippen molar-refractivity contribution in [2.75, 3.05) is 6.54 Å². The molecule has 1 amide bonds. The number of carbonyl (C=O) groups excluding carboxylic acids is 1. The van der Waals surface area contributed by atoms with Crippen LogP contribution in [0.15, 0.2) is 60.7 Å². The summed E-state index contributed by atoms with van der Waals surface area (Å²) in [5.74, 6) is 0.896. The zero-order valence-electron chi connectivity index (χ0n) is 15.6. The molecule has 1 aliphatic rings. The summed E-state index contributed by atoms with van der Waals surface area (Å²) in [4.78, 5) is 14.8. The Morgan fingerprint density at radius 2 is 1.96 bits per heavy atom. The van der Waals surface area contributed by atoms with Gasteiger partial charge in [0, 0.05) is 12.1 Å². The number of carbonyl (C=O) groups is 1. The fourth-order valence-electron chi connectivity index (χ4n) is 3.51. The molecule has 27 heavy (non-hydrogen) atoms. The van der Waals surface area contributed by atoms with Gasteiger partial charge in [0.1, 0.15) is 18.1 Å². The molecule has 2 heterocycles. The fraction of sp³-hybridized carbons (Fsp3) is 0.273. The molecule has 0 fully saturated rings. The van der Waals surface area contributed by atoms with Gasteiger partial charge in [0.15, 0.2) is 0 Å². The molecule has 5 nitrogen and oxygen atoms in total. The summed E-state index contributed by atoms with van der Waals surface area (Å²) in [5, 5.41) is 4.68. The van der Waals surface area contributed by atoms with Crippen LogP contribution in [0.3, 0.4) is 0 Å². The Balaban J connectivity index is 1.49. The van der Waals surface area contributed by atoms with E-state index in [4.69, 9.17) is 4.74 Å². The van der Waals surface area contributed by atoms with Crippen molar-refractivity contribution in [3.8, 4) is 5.75 Å². The van der Waals surface area contributed by atoms with Crippen LogP contribution in [-0.4, -0.2) is 27.1 Å². The molecular formula is C22H23N3O2. The molecule has 0 radical (unpaired) electrons. The number of para-hydroxylation sites is 1. The molecule has 1 atom stereocenters. The molecule has 1 aliphatic heterocycles. The monoisotopic (exact) mass is 361 g/mol. The molecule has 0 saturated carbocycles. The quantitative estimate of drug-likeness (QED) is 0.706. The summed E-state index contributed by atoms with van der Waals surface area (Å²) in [6.07, 6.45) is 0. The van der Waals surface area contributed by atoms with Gasteiger partial charge in [0.2, 0.25) is 0 Å². The van der Waals surface area contributed by atoms with Gasteiger partial charge in [-0.15, -0.1) is 0 Å². The van der Waals surface area contributed by atoms with E-state index in [1.165, 1.54) is 0 Å². The van der Waals surface area contributed by atoms with Crippen molar-refractivity contribution in [1.29, 1.82) is 0 Å². The fourth-order valence-corrected chi connectivity index (χ4v) is 3.51. The molecule has 0 bridgehead atoms. The number of hydrogen-bond acceptors (Lipinski definition) is 3. The average Bonchev–Trinajstić information content (AvgIpc) is 3.10. The third kappa shape index (κ3) is 3.72. The summed E-state index contributed by atoms with van der Waals surface area (Å²) >= 11 is 0. The van der Waals surface area contributed by atoms with E-state index in [2.05, 4.69) is 12.0 Å². The lowest BCUT2D eigenvalue weighted by molar-refractivity contribution is 0.0677. The van der Waals surface area contributed by atoms with Crippen molar-refractivity contribution in [1.82, 2.24) is 14.7 Å². The Morgan fingerprint density at radius 1 is 1.15 bits per heavy atom. The van der Waals surface area contributed by atoms with E-state index in [0.717, 1.165) is 28.3 Å². The molecule has 5 heteroatoms. The number of aryl methyl sites for hydroxylation is 1. The SMILES string of the molecule is Cc1cccc(C(=O)N2Cc3cc(COc4ccccc4)nn3C(C)C2)c1. The number of fused-ring (bicyclic) bond motifs is 1. The first kappa shape index (κ1) is 17.3. The Morgan fingerprint density at radius 3 is 2.74 bits per heavy atom. The second kappa shape index (κ2) is 7.27. The minimum Gasteiger partial charge on any atom is -0.487 e. The first-order valence-corrected chi connectivity index (χ1v) is 9.21. The van der Waals surface area contributed by atoms with Gasteiger partial charge in [-0.05, 0) is 44.2 Å². The summed E-state index contributed by atoms with van der Waals surface area (Å²) in [7, 11) is 0. The highest BCUT2D eigenvalue weighted by Gasteiger charge is 2.27. The van der Waals surface area contributed by atoms with Crippen LogP contribution < -0.4 is 4.74 Å². The number of nitrogens with zero attached hydrogens (tertiary/aromatic N) is 3. The summed E-state index contributed by atoms with van der Waals surface area (Å²) in [6, 6.07) is 19.6. The molecule has 1 unspecified atom stereocenters. The lowest BCUT2D eigenvalue weighted by Crippen LogP contribution is -2.40. The van der Waals surface area contributed by atoms with Crippen LogP contribution in [0.2, 0.25) is 0 Å². The predicted octanol–water partition coefficient (Wildman–Crippen LogP) is 3.99. The van der Waals surface area contributed by atoms with Gasteiger partial charge in [0.05, 0.1) is 18.3 Å². The van der Waals surface area contributed by atoms with Crippen molar-refractivity contribution < 1.29 is 9.53 Å². The van der Waals surface area contributed by atoms with Crippen LogP contribution >= 0.6 is 0 Å². The minimum absolute atomic E-state index is 0.0695. The molecule has 0 saturated heterocycles. The van der Waals surface area contributed by atoms with E-state index in [-0.39, 0.29) is 11.9 Å². The number of amides is 1. The molecule has 0 spiro atoms. The topological polar surface area (TPSA) is 47.4 Å². The van der Waals surface area contributed by atoms with Gasteiger partial charge in [-0.25, -0.2) is 0 Å². The first-order chi connectivity index (χ1) is 13.1. The maximum Gasteiger partial charge on any atom is 0.254 e. The highest BCUT2D eigenvalue weighted by molar-refractivity contribution is 5.94. The van der Waals surface area contributed by atoms with Crippen LogP contribution in [0.25, 0.3) is 0 Å². The van der Waals surface area contributed by atoms with E-state index in [1.807, 2.05) is 77.2 Å². The predicted molar refractivity (Wildman–Crippen MR) is 104 cm³/mol. The van der Waals surface area contributed by atoms with Crippen LogP contribution in [0, 0.1) is 6.92 Å². The van der Waals surface area contributed by atoms with Crippen LogP contribution in [0.5, 0.6) is 5.75 Å². The van der Waals surface area contributed by atoms with E-state index < -0.39 is 0 Å². The molecule has 3 aromatic rings. The zero-order valence-corrected chi connectivity index (χ0v) is 15.6. The maximum absolute atomic E-state index is 12.9. The third-order valence-electron chi connectivity index (χ3n) is 4.80. The second-order valence-corrected chi connectivity index (χ2v) is 7.08. The maximum atomic E-state index is 12.9. The van der Waals surface area contributed by atoms with Gasteiger partial charge in [-0.3, -0.25) is 9.48 Å². The molecule has 0 aliphatic carbocycles. The lowest BCUT2D eigenvalue weighted by atomic mass is 10.1. The van der Waals surface area contributed by atoms with Crippen molar-refractivity contribution in [3.63, 3.8) is 0 Å². The van der Waals surface area contributed by atoms with E-state index in [1.54, 1.807) is 0 Å². The Bertz CT molecular complexity index is 949. The van der Waals surface area contributed by atoms with Gasteiger partial charge >= 0.3 is 0 Å². The molecule has 2 aromatic carbocycles. The van der Waals surface area contributed by atoms with Gasteiger partial charge in [0.25, 0.3) is 5.91 Å². The van der Waals surface area contributed by atoms with E-state index >= 15 is 0 Å². The summed E-state index contributed by atoms with van der Waals surface area (Å²) in [6.45, 7) is 5.73.